The molecule has 2 amide bonds. The second-order valence-corrected chi connectivity index (χ2v) is 10.1. The van der Waals surface area contributed by atoms with Crippen molar-refractivity contribution in [3.8, 4) is 0 Å². The third kappa shape index (κ3) is 3.74. The molecule has 5 nitrogen and oxygen atoms in total. The van der Waals surface area contributed by atoms with E-state index in [4.69, 9.17) is 9.47 Å². The summed E-state index contributed by atoms with van der Waals surface area (Å²) >= 11 is 0. The van der Waals surface area contributed by atoms with Gasteiger partial charge in [0.15, 0.2) is 5.79 Å². The molecule has 5 heteroatoms. The Balaban J connectivity index is 1.69. The van der Waals surface area contributed by atoms with Gasteiger partial charge in [-0.15, -0.1) is 0 Å². The normalized spacial score (nSPS) is 23.2. The van der Waals surface area contributed by atoms with E-state index in [1.165, 1.54) is 0 Å². The van der Waals surface area contributed by atoms with Crippen LogP contribution in [0.3, 0.4) is 0 Å². The number of amides is 2. The molecule has 0 spiro atoms. The first kappa shape index (κ1) is 23.5. The molecule has 37 heavy (non-hydrogen) atoms. The van der Waals surface area contributed by atoms with Crippen molar-refractivity contribution in [1.82, 2.24) is 10.6 Å². The molecule has 0 radical (unpaired) electrons. The summed E-state index contributed by atoms with van der Waals surface area (Å²) in [5.74, 6) is -0.900. The number of rotatable bonds is 4. The Bertz CT molecular complexity index is 1190. The molecule has 2 aliphatic rings. The predicted octanol–water partition coefficient (Wildman–Crippen LogP) is 5.71. The second-order valence-electron chi connectivity index (χ2n) is 10.1. The average molecular weight is 491 g/mol. The molecule has 2 N–H and O–H groups in total. The van der Waals surface area contributed by atoms with E-state index in [0.29, 0.717) is 0 Å². The van der Waals surface area contributed by atoms with Crippen LogP contribution in [0.1, 0.15) is 36.1 Å². The van der Waals surface area contributed by atoms with E-state index in [0.717, 1.165) is 22.3 Å². The van der Waals surface area contributed by atoms with Crippen LogP contribution in [0.2, 0.25) is 0 Å². The number of urea groups is 1. The number of hydrogen-bond donors (Lipinski definition) is 2. The molecule has 0 bridgehead atoms. The van der Waals surface area contributed by atoms with Crippen LogP contribution in [0, 0.1) is 0 Å². The maximum Gasteiger partial charge on any atom is 0.316 e. The Hall–Kier alpha value is -3.93. The van der Waals surface area contributed by atoms with Crippen LogP contribution in [0.5, 0.6) is 0 Å². The van der Waals surface area contributed by atoms with E-state index in [9.17, 15) is 4.79 Å². The highest BCUT2D eigenvalue weighted by Crippen LogP contribution is 2.51. The lowest BCUT2D eigenvalue weighted by Gasteiger charge is -2.43. The van der Waals surface area contributed by atoms with E-state index in [-0.39, 0.29) is 6.03 Å². The summed E-state index contributed by atoms with van der Waals surface area (Å²) in [4.78, 5) is 14.1. The van der Waals surface area contributed by atoms with Crippen LogP contribution < -0.4 is 10.6 Å². The number of ether oxygens (including phenoxy) is 2. The van der Waals surface area contributed by atoms with Gasteiger partial charge in [-0.1, -0.05) is 121 Å². The van der Waals surface area contributed by atoms with E-state index in [1.54, 1.807) is 0 Å². The smallest absolute Gasteiger partial charge is 0.316 e. The molecule has 2 heterocycles. The number of fused-ring (bicyclic) bond motifs is 1. The zero-order chi connectivity index (χ0) is 25.5. The minimum atomic E-state index is -1.02. The monoisotopic (exact) mass is 490 g/mol. The Morgan fingerprint density at radius 1 is 0.514 bits per heavy atom. The summed E-state index contributed by atoms with van der Waals surface area (Å²) in [6, 6.07) is 39.8. The van der Waals surface area contributed by atoms with Gasteiger partial charge in [0.05, 0.1) is 0 Å². The highest BCUT2D eigenvalue weighted by atomic mass is 16.8. The Kier molecular flexibility index (Phi) is 5.63. The number of hydrogen-bond acceptors (Lipinski definition) is 3. The molecular formula is C32H30N2O3. The molecule has 0 unspecified atom stereocenters. The van der Waals surface area contributed by atoms with Crippen LogP contribution in [0.4, 0.5) is 4.79 Å². The zero-order valence-corrected chi connectivity index (χ0v) is 20.9. The lowest BCUT2D eigenvalue weighted by atomic mass is 9.69. The molecule has 186 valence electrons. The zero-order valence-electron chi connectivity index (χ0n) is 20.9. The van der Waals surface area contributed by atoms with Crippen molar-refractivity contribution in [2.45, 2.75) is 42.9 Å². The maximum atomic E-state index is 14.1. The molecule has 2 atom stereocenters. The predicted molar refractivity (Wildman–Crippen MR) is 143 cm³/mol. The average Bonchev–Trinajstić information content (AvgIpc) is 3.23. The fourth-order valence-electron chi connectivity index (χ4n) is 6.01. The number of carbonyl (C=O) groups is 1. The lowest BCUT2D eigenvalue weighted by Crippen LogP contribution is -2.58. The van der Waals surface area contributed by atoms with Gasteiger partial charge in [-0.25, -0.2) is 4.79 Å². The van der Waals surface area contributed by atoms with Gasteiger partial charge in [0.1, 0.15) is 23.3 Å². The molecule has 0 saturated carbocycles. The highest BCUT2D eigenvalue weighted by Gasteiger charge is 2.64. The Morgan fingerprint density at radius 2 is 0.784 bits per heavy atom. The number of benzene rings is 4. The summed E-state index contributed by atoms with van der Waals surface area (Å²) in [6.45, 7) is 3.87. The van der Waals surface area contributed by atoms with Crippen molar-refractivity contribution >= 4 is 6.03 Å². The summed E-state index contributed by atoms with van der Waals surface area (Å²) in [7, 11) is 0. The third-order valence-electron chi connectivity index (χ3n) is 7.49. The minimum Gasteiger partial charge on any atom is -0.341 e. The molecule has 0 aromatic heterocycles. The van der Waals surface area contributed by atoms with Crippen molar-refractivity contribution in [2.75, 3.05) is 0 Å². The van der Waals surface area contributed by atoms with E-state index in [2.05, 4.69) is 10.6 Å². The standard InChI is InChI=1S/C32H30N2O3/c1-30(2)36-27-28(37-30)32(25-19-11-5-12-20-25,26-21-13-6-14-22-26)34-29(35)33-31(27,23-15-7-3-8-16-23)24-17-9-4-10-18-24/h3-22,27-28H,1-2H3,(H2,33,34,35)/t27-,28-/m0/s1. The SMILES string of the molecule is CC1(C)O[C@H]2[C@H](O1)C(c1ccccc1)(c1ccccc1)NC(=O)NC2(c1ccccc1)c1ccccc1. The van der Waals surface area contributed by atoms with Crippen LogP contribution in [0.25, 0.3) is 0 Å². The van der Waals surface area contributed by atoms with Gasteiger partial charge in [-0.3, -0.25) is 0 Å². The molecular weight excluding hydrogens is 460 g/mol. The Morgan fingerprint density at radius 3 is 1.05 bits per heavy atom. The van der Waals surface area contributed by atoms with Gasteiger partial charge in [-0.2, -0.15) is 0 Å². The van der Waals surface area contributed by atoms with Crippen molar-refractivity contribution in [3.05, 3.63) is 144 Å². The topological polar surface area (TPSA) is 59.6 Å². The van der Waals surface area contributed by atoms with Crippen molar-refractivity contribution in [2.24, 2.45) is 0 Å². The maximum absolute atomic E-state index is 14.1. The minimum absolute atomic E-state index is 0.306. The van der Waals surface area contributed by atoms with Gasteiger partial charge in [0.25, 0.3) is 0 Å². The summed E-state index contributed by atoms with van der Waals surface area (Å²) in [6.07, 6.45) is -1.15. The van der Waals surface area contributed by atoms with Gasteiger partial charge < -0.3 is 20.1 Å². The van der Waals surface area contributed by atoms with E-state index in [1.807, 2.05) is 135 Å². The first-order chi connectivity index (χ1) is 18.0. The van der Waals surface area contributed by atoms with Crippen molar-refractivity contribution < 1.29 is 14.3 Å². The van der Waals surface area contributed by atoms with Gasteiger partial charge in [0, 0.05) is 0 Å². The van der Waals surface area contributed by atoms with Crippen LogP contribution in [-0.2, 0) is 20.6 Å². The quantitative estimate of drug-likeness (QED) is 0.385. The molecule has 2 saturated heterocycles. The summed E-state index contributed by atoms with van der Waals surface area (Å²) in [5.41, 5.74) is 1.65. The van der Waals surface area contributed by atoms with Gasteiger partial charge >= 0.3 is 6.03 Å². The van der Waals surface area contributed by atoms with Crippen molar-refractivity contribution in [1.29, 1.82) is 0 Å². The summed E-state index contributed by atoms with van der Waals surface area (Å²) < 4.78 is 13.7. The van der Waals surface area contributed by atoms with Crippen LogP contribution in [-0.4, -0.2) is 24.0 Å². The largest absolute Gasteiger partial charge is 0.341 e. The Labute approximate surface area is 217 Å². The van der Waals surface area contributed by atoms with Crippen LogP contribution >= 0.6 is 0 Å². The second kappa shape index (κ2) is 8.87. The molecule has 2 aliphatic heterocycles. The number of carbonyl (C=O) groups excluding carboxylic acids is 1. The van der Waals surface area contributed by atoms with Crippen molar-refractivity contribution in [3.63, 3.8) is 0 Å². The van der Waals surface area contributed by atoms with Crippen LogP contribution in [0.15, 0.2) is 121 Å². The van der Waals surface area contributed by atoms with E-state index < -0.39 is 29.1 Å². The summed E-state index contributed by atoms with van der Waals surface area (Å²) in [5, 5.41) is 6.75. The fourth-order valence-corrected chi connectivity index (χ4v) is 6.01. The molecule has 0 aliphatic carbocycles. The molecule has 4 aromatic rings. The third-order valence-corrected chi connectivity index (χ3v) is 7.49. The fraction of sp³-hybridized carbons (Fsp3) is 0.219. The first-order valence-corrected chi connectivity index (χ1v) is 12.6. The molecule has 6 rings (SSSR count). The lowest BCUT2D eigenvalue weighted by molar-refractivity contribution is -0.157. The highest BCUT2D eigenvalue weighted by molar-refractivity contribution is 5.79. The molecule has 2 fully saturated rings. The number of nitrogens with one attached hydrogen (secondary N) is 2. The molecule has 4 aromatic carbocycles. The van der Waals surface area contributed by atoms with Gasteiger partial charge in [-0.05, 0) is 36.1 Å². The van der Waals surface area contributed by atoms with E-state index >= 15 is 0 Å². The first-order valence-electron chi connectivity index (χ1n) is 12.6. The van der Waals surface area contributed by atoms with Gasteiger partial charge in [0.2, 0.25) is 0 Å².